The molecule has 0 aliphatic rings. The van der Waals surface area contributed by atoms with Crippen LogP contribution in [0, 0.1) is 0 Å². The van der Waals surface area contributed by atoms with Crippen LogP contribution >= 0.6 is 11.6 Å². The Morgan fingerprint density at radius 3 is 2.64 bits per heavy atom. The molecule has 8 heteroatoms. The third-order valence-electron chi connectivity index (χ3n) is 3.00. The second-order valence-corrected chi connectivity index (χ2v) is 6.90. The summed E-state index contributed by atoms with van der Waals surface area (Å²) in [5.41, 5.74) is 0.181. The Morgan fingerprint density at radius 1 is 1.36 bits per heavy atom. The van der Waals surface area contributed by atoms with Crippen LogP contribution in [0.2, 0.25) is 5.02 Å². The lowest BCUT2D eigenvalue weighted by Crippen LogP contribution is -2.26. The summed E-state index contributed by atoms with van der Waals surface area (Å²) in [6, 6.07) is 7.25. The van der Waals surface area contributed by atoms with E-state index in [4.69, 9.17) is 16.0 Å². The average molecular weight is 344 g/mol. The van der Waals surface area contributed by atoms with E-state index < -0.39 is 16.0 Å². The summed E-state index contributed by atoms with van der Waals surface area (Å²) >= 11 is 6.00. The minimum absolute atomic E-state index is 0.0470. The van der Waals surface area contributed by atoms with Crippen LogP contribution in [-0.4, -0.2) is 32.8 Å². The first kappa shape index (κ1) is 16.5. The molecule has 0 unspecified atom stereocenters. The standard InChI is InChI=1S/C14H14ClNO5S/c1-16(9-11-4-3-7-21-11)22(18,19)13-6-5-10(8-12(13)15)14(17)20-2/h3-8H,9H2,1-2H3. The molecule has 0 radical (unpaired) electrons. The SMILES string of the molecule is COC(=O)c1ccc(S(=O)(=O)N(C)Cc2ccco2)c(Cl)c1. The number of halogens is 1. The highest BCUT2D eigenvalue weighted by molar-refractivity contribution is 7.89. The van der Waals surface area contributed by atoms with E-state index in [1.54, 1.807) is 12.1 Å². The lowest BCUT2D eigenvalue weighted by Gasteiger charge is -2.17. The van der Waals surface area contributed by atoms with Crippen molar-refractivity contribution in [2.45, 2.75) is 11.4 Å². The summed E-state index contributed by atoms with van der Waals surface area (Å²) in [4.78, 5) is 11.3. The lowest BCUT2D eigenvalue weighted by atomic mass is 10.2. The molecule has 0 aliphatic heterocycles. The fourth-order valence-electron chi connectivity index (χ4n) is 1.83. The molecular weight excluding hydrogens is 330 g/mol. The number of carbonyl (C=O) groups excluding carboxylic acids is 1. The van der Waals surface area contributed by atoms with Crippen LogP contribution in [0.15, 0.2) is 45.9 Å². The van der Waals surface area contributed by atoms with Crippen LogP contribution in [0.4, 0.5) is 0 Å². The average Bonchev–Trinajstić information content (AvgIpc) is 2.98. The van der Waals surface area contributed by atoms with Gasteiger partial charge in [-0.3, -0.25) is 0 Å². The van der Waals surface area contributed by atoms with Gasteiger partial charge in [0.15, 0.2) is 0 Å². The van der Waals surface area contributed by atoms with Gasteiger partial charge >= 0.3 is 5.97 Å². The Labute approximate surface area is 133 Å². The summed E-state index contributed by atoms with van der Waals surface area (Å²) in [6.07, 6.45) is 1.47. The molecule has 0 saturated heterocycles. The first-order chi connectivity index (χ1) is 10.4. The van der Waals surface area contributed by atoms with Gasteiger partial charge in [0.2, 0.25) is 10.0 Å². The Hall–Kier alpha value is -1.83. The van der Waals surface area contributed by atoms with Gasteiger partial charge in [-0.25, -0.2) is 13.2 Å². The van der Waals surface area contributed by atoms with Crippen molar-refractivity contribution >= 4 is 27.6 Å². The van der Waals surface area contributed by atoms with Crippen molar-refractivity contribution in [3.8, 4) is 0 Å². The Balaban J connectivity index is 2.31. The monoisotopic (exact) mass is 343 g/mol. The second kappa shape index (κ2) is 6.51. The summed E-state index contributed by atoms with van der Waals surface area (Å²) in [6.45, 7) is 0.0738. The van der Waals surface area contributed by atoms with Crippen molar-refractivity contribution in [3.63, 3.8) is 0 Å². The van der Waals surface area contributed by atoms with Gasteiger partial charge in [-0.05, 0) is 30.3 Å². The number of benzene rings is 1. The van der Waals surface area contributed by atoms with E-state index in [9.17, 15) is 13.2 Å². The van der Waals surface area contributed by atoms with Crippen molar-refractivity contribution < 1.29 is 22.4 Å². The molecule has 0 N–H and O–H groups in total. The van der Waals surface area contributed by atoms with Crippen LogP contribution in [0.25, 0.3) is 0 Å². The fourth-order valence-corrected chi connectivity index (χ4v) is 3.48. The van der Waals surface area contributed by atoms with E-state index in [1.165, 1.54) is 38.6 Å². The highest BCUT2D eigenvalue weighted by Gasteiger charge is 2.25. The molecule has 0 spiro atoms. The summed E-state index contributed by atoms with van der Waals surface area (Å²) in [7, 11) is -1.15. The third kappa shape index (κ3) is 3.32. The number of rotatable bonds is 5. The Morgan fingerprint density at radius 2 is 2.09 bits per heavy atom. The zero-order valence-electron chi connectivity index (χ0n) is 11.9. The van der Waals surface area contributed by atoms with E-state index in [2.05, 4.69) is 4.74 Å². The maximum atomic E-state index is 12.5. The topological polar surface area (TPSA) is 76.8 Å². The van der Waals surface area contributed by atoms with Crippen molar-refractivity contribution in [3.05, 3.63) is 52.9 Å². The molecule has 0 atom stereocenters. The molecule has 118 valence electrons. The van der Waals surface area contributed by atoms with Gasteiger partial charge in [-0.15, -0.1) is 0 Å². The lowest BCUT2D eigenvalue weighted by molar-refractivity contribution is 0.0600. The number of esters is 1. The summed E-state index contributed by atoms with van der Waals surface area (Å²) in [5, 5.41) is -0.0470. The number of nitrogens with zero attached hydrogens (tertiary/aromatic N) is 1. The largest absolute Gasteiger partial charge is 0.468 e. The normalized spacial score (nSPS) is 11.6. The van der Waals surface area contributed by atoms with Gasteiger partial charge in [-0.2, -0.15) is 4.31 Å². The second-order valence-electron chi connectivity index (χ2n) is 4.48. The molecule has 0 fully saturated rings. The first-order valence-electron chi connectivity index (χ1n) is 6.23. The number of hydrogen-bond acceptors (Lipinski definition) is 5. The minimum Gasteiger partial charge on any atom is -0.468 e. The smallest absolute Gasteiger partial charge is 0.337 e. The van der Waals surface area contributed by atoms with Crippen LogP contribution in [0.5, 0.6) is 0 Å². The quantitative estimate of drug-likeness (QED) is 0.780. The van der Waals surface area contributed by atoms with Gasteiger partial charge in [0, 0.05) is 7.05 Å². The fraction of sp³-hybridized carbons (Fsp3) is 0.214. The molecule has 0 amide bonds. The van der Waals surface area contributed by atoms with Gasteiger partial charge in [0.1, 0.15) is 10.7 Å². The maximum Gasteiger partial charge on any atom is 0.337 e. The summed E-state index contributed by atoms with van der Waals surface area (Å²) < 4.78 is 35.8. The third-order valence-corrected chi connectivity index (χ3v) is 5.29. The predicted octanol–water partition coefficient (Wildman–Crippen LogP) is 2.54. The van der Waals surface area contributed by atoms with E-state index >= 15 is 0 Å². The molecule has 0 saturated carbocycles. The maximum absolute atomic E-state index is 12.5. The van der Waals surface area contributed by atoms with E-state index in [0.29, 0.717) is 5.76 Å². The Bertz CT molecular complexity index is 771. The van der Waals surface area contributed by atoms with Crippen LogP contribution in [-0.2, 0) is 21.3 Å². The molecule has 1 aromatic heterocycles. The first-order valence-corrected chi connectivity index (χ1v) is 8.04. The number of methoxy groups -OCH3 is 1. The van der Waals surface area contributed by atoms with Crippen molar-refractivity contribution in [2.75, 3.05) is 14.2 Å². The van der Waals surface area contributed by atoms with Crippen molar-refractivity contribution in [1.82, 2.24) is 4.31 Å². The van der Waals surface area contributed by atoms with Crippen LogP contribution in [0.3, 0.4) is 0 Å². The Kier molecular flexibility index (Phi) is 4.90. The number of sulfonamides is 1. The predicted molar refractivity (Wildman–Crippen MR) is 80.2 cm³/mol. The molecule has 22 heavy (non-hydrogen) atoms. The molecule has 1 aromatic carbocycles. The highest BCUT2D eigenvalue weighted by atomic mass is 35.5. The molecule has 2 aromatic rings. The van der Waals surface area contributed by atoms with Gasteiger partial charge in [0.05, 0.1) is 30.5 Å². The van der Waals surface area contributed by atoms with E-state index in [1.807, 2.05) is 0 Å². The van der Waals surface area contributed by atoms with Crippen LogP contribution in [0.1, 0.15) is 16.1 Å². The number of hydrogen-bond donors (Lipinski definition) is 0. The van der Waals surface area contributed by atoms with E-state index in [0.717, 1.165) is 4.31 Å². The van der Waals surface area contributed by atoms with Crippen molar-refractivity contribution in [1.29, 1.82) is 0 Å². The van der Waals surface area contributed by atoms with Gasteiger partial charge < -0.3 is 9.15 Å². The number of carbonyl (C=O) groups is 1. The molecule has 6 nitrogen and oxygen atoms in total. The number of furan rings is 1. The minimum atomic E-state index is -3.81. The highest BCUT2D eigenvalue weighted by Crippen LogP contribution is 2.26. The van der Waals surface area contributed by atoms with Gasteiger partial charge in [-0.1, -0.05) is 11.6 Å². The van der Waals surface area contributed by atoms with Gasteiger partial charge in [0.25, 0.3) is 0 Å². The van der Waals surface area contributed by atoms with Crippen molar-refractivity contribution in [2.24, 2.45) is 0 Å². The number of ether oxygens (including phenoxy) is 1. The van der Waals surface area contributed by atoms with Crippen LogP contribution < -0.4 is 0 Å². The zero-order chi connectivity index (χ0) is 16.3. The van der Waals surface area contributed by atoms with E-state index in [-0.39, 0.29) is 22.0 Å². The zero-order valence-corrected chi connectivity index (χ0v) is 13.5. The molecule has 0 bridgehead atoms. The molecule has 1 heterocycles. The summed E-state index contributed by atoms with van der Waals surface area (Å²) in [5.74, 6) is -0.0804. The molecular formula is C14H14ClNO5S. The molecule has 2 rings (SSSR count). The molecule has 0 aliphatic carbocycles.